The second kappa shape index (κ2) is 6.69. The maximum Gasteiger partial charge on any atom is 0.310 e. The van der Waals surface area contributed by atoms with Crippen LogP contribution in [0.2, 0.25) is 0 Å². The minimum absolute atomic E-state index is 0.268. The molecule has 3 saturated carbocycles. The molecule has 24 heavy (non-hydrogen) atoms. The molecule has 2 bridgehead atoms. The van der Waals surface area contributed by atoms with E-state index in [9.17, 15) is 9.90 Å². The van der Waals surface area contributed by atoms with Gasteiger partial charge in [0.25, 0.3) is 0 Å². The summed E-state index contributed by atoms with van der Waals surface area (Å²) < 4.78 is 0. The van der Waals surface area contributed by atoms with Gasteiger partial charge in [-0.25, -0.2) is 0 Å². The van der Waals surface area contributed by atoms with Crippen molar-refractivity contribution in [3.05, 3.63) is 24.3 Å². The molecule has 0 heterocycles. The van der Waals surface area contributed by atoms with Crippen molar-refractivity contribution in [1.29, 1.82) is 0 Å². The molecule has 0 amide bonds. The standard InChI is InChI=1S/C22H32O2/c1-2-7-18(22(23)24)21(14-8-4-3-5-9-14)20-13-15-12-19(20)17-11-6-10-16(15)17/h2,6-7,10,14-21H,3-5,8-9,11-13H2,1H3,(H,23,24). The van der Waals surface area contributed by atoms with Crippen LogP contribution >= 0.6 is 0 Å². The first-order valence-corrected chi connectivity index (χ1v) is 10.2. The third-order valence-corrected chi connectivity index (χ3v) is 7.84. The quantitative estimate of drug-likeness (QED) is 0.695. The molecule has 0 aromatic rings. The third kappa shape index (κ3) is 2.66. The Kier molecular flexibility index (Phi) is 4.58. The molecule has 4 aliphatic carbocycles. The van der Waals surface area contributed by atoms with Gasteiger partial charge in [0, 0.05) is 0 Å². The van der Waals surface area contributed by atoms with Crippen molar-refractivity contribution in [2.24, 2.45) is 47.3 Å². The van der Waals surface area contributed by atoms with E-state index >= 15 is 0 Å². The average molecular weight is 328 g/mol. The molecule has 132 valence electrons. The molecule has 0 aliphatic heterocycles. The minimum Gasteiger partial charge on any atom is -0.481 e. The number of hydrogen-bond donors (Lipinski definition) is 1. The maximum absolute atomic E-state index is 12.1. The molecular weight excluding hydrogens is 296 g/mol. The zero-order valence-electron chi connectivity index (χ0n) is 14.9. The second-order valence-corrected chi connectivity index (χ2v) is 8.83. The summed E-state index contributed by atoms with van der Waals surface area (Å²) in [7, 11) is 0. The number of carboxylic acids is 1. The molecule has 0 radical (unpaired) electrons. The number of allylic oxidation sites excluding steroid dienone is 3. The fourth-order valence-electron chi connectivity index (χ4n) is 7.06. The first-order chi connectivity index (χ1) is 11.7. The Bertz CT molecular complexity index is 528. The lowest BCUT2D eigenvalue weighted by molar-refractivity contribution is -0.144. The summed E-state index contributed by atoms with van der Waals surface area (Å²) in [6.07, 6.45) is 19.2. The van der Waals surface area contributed by atoms with Crippen LogP contribution in [0.25, 0.3) is 0 Å². The predicted octanol–water partition coefficient (Wildman–Crippen LogP) is 5.31. The summed E-state index contributed by atoms with van der Waals surface area (Å²) in [5, 5.41) is 9.96. The van der Waals surface area contributed by atoms with Crippen LogP contribution < -0.4 is 0 Å². The van der Waals surface area contributed by atoms with Crippen molar-refractivity contribution < 1.29 is 9.90 Å². The largest absolute Gasteiger partial charge is 0.481 e. The molecule has 4 aliphatic rings. The number of aliphatic carboxylic acids is 1. The van der Waals surface area contributed by atoms with Gasteiger partial charge in [-0.05, 0) is 67.6 Å². The Balaban J connectivity index is 1.61. The maximum atomic E-state index is 12.1. The Morgan fingerprint density at radius 1 is 1.17 bits per heavy atom. The van der Waals surface area contributed by atoms with Crippen LogP contribution in [0.5, 0.6) is 0 Å². The van der Waals surface area contributed by atoms with Gasteiger partial charge in [-0.15, -0.1) is 0 Å². The van der Waals surface area contributed by atoms with Crippen LogP contribution in [-0.4, -0.2) is 11.1 Å². The van der Waals surface area contributed by atoms with Crippen molar-refractivity contribution in [2.75, 3.05) is 0 Å². The molecule has 4 rings (SSSR count). The van der Waals surface area contributed by atoms with Crippen LogP contribution in [0.3, 0.4) is 0 Å². The fourth-order valence-corrected chi connectivity index (χ4v) is 7.06. The van der Waals surface area contributed by atoms with Gasteiger partial charge < -0.3 is 5.11 Å². The van der Waals surface area contributed by atoms with Gasteiger partial charge in [0.2, 0.25) is 0 Å². The summed E-state index contributed by atoms with van der Waals surface area (Å²) >= 11 is 0. The highest BCUT2D eigenvalue weighted by molar-refractivity contribution is 5.72. The van der Waals surface area contributed by atoms with E-state index in [4.69, 9.17) is 0 Å². The molecule has 2 nitrogen and oxygen atoms in total. The molecule has 1 N–H and O–H groups in total. The highest BCUT2D eigenvalue weighted by atomic mass is 16.4. The molecule has 0 saturated heterocycles. The van der Waals surface area contributed by atoms with E-state index in [-0.39, 0.29) is 5.92 Å². The normalized spacial score (nSPS) is 41.0. The van der Waals surface area contributed by atoms with Crippen LogP contribution in [0.4, 0.5) is 0 Å². The number of carbonyl (C=O) groups is 1. The molecular formula is C22H32O2. The van der Waals surface area contributed by atoms with Crippen molar-refractivity contribution in [3.63, 3.8) is 0 Å². The molecule has 7 atom stereocenters. The third-order valence-electron chi connectivity index (χ3n) is 7.84. The van der Waals surface area contributed by atoms with E-state index in [2.05, 4.69) is 12.2 Å². The molecule has 3 fully saturated rings. The molecule has 0 aromatic carbocycles. The lowest BCUT2D eigenvalue weighted by Gasteiger charge is -2.43. The fraction of sp³-hybridized carbons (Fsp3) is 0.773. The van der Waals surface area contributed by atoms with E-state index in [1.807, 2.05) is 19.1 Å². The van der Waals surface area contributed by atoms with Gasteiger partial charge in [-0.2, -0.15) is 0 Å². The highest BCUT2D eigenvalue weighted by Gasteiger charge is 2.56. The first kappa shape index (κ1) is 16.4. The average Bonchev–Trinajstić information content (AvgIpc) is 3.28. The van der Waals surface area contributed by atoms with Gasteiger partial charge in [0.05, 0.1) is 5.92 Å². The zero-order valence-corrected chi connectivity index (χ0v) is 14.9. The van der Waals surface area contributed by atoms with Crippen LogP contribution in [-0.2, 0) is 4.79 Å². The van der Waals surface area contributed by atoms with Gasteiger partial charge in [0.15, 0.2) is 0 Å². The molecule has 0 aromatic heterocycles. The molecule has 2 heteroatoms. The summed E-state index contributed by atoms with van der Waals surface area (Å²) in [5.41, 5.74) is 0. The SMILES string of the molecule is CC=CC(C(=O)O)C(C1CCCCC1)C1CC2CC1C1CC=CC21. The van der Waals surface area contributed by atoms with E-state index in [1.165, 1.54) is 51.4 Å². The van der Waals surface area contributed by atoms with Crippen molar-refractivity contribution >= 4 is 5.97 Å². The zero-order chi connectivity index (χ0) is 16.7. The predicted molar refractivity (Wildman–Crippen MR) is 96.4 cm³/mol. The topological polar surface area (TPSA) is 37.3 Å². The van der Waals surface area contributed by atoms with Crippen molar-refractivity contribution in [3.8, 4) is 0 Å². The summed E-state index contributed by atoms with van der Waals surface area (Å²) in [4.78, 5) is 12.1. The van der Waals surface area contributed by atoms with Crippen LogP contribution in [0, 0.1) is 47.3 Å². The van der Waals surface area contributed by atoms with Crippen LogP contribution in [0.1, 0.15) is 58.3 Å². The van der Waals surface area contributed by atoms with Crippen LogP contribution in [0.15, 0.2) is 24.3 Å². The van der Waals surface area contributed by atoms with Crippen molar-refractivity contribution in [2.45, 2.75) is 58.3 Å². The smallest absolute Gasteiger partial charge is 0.310 e. The van der Waals surface area contributed by atoms with E-state index in [1.54, 1.807) is 0 Å². The van der Waals surface area contributed by atoms with E-state index < -0.39 is 5.97 Å². The Morgan fingerprint density at radius 3 is 2.67 bits per heavy atom. The van der Waals surface area contributed by atoms with Gasteiger partial charge in [-0.3, -0.25) is 4.79 Å². The summed E-state index contributed by atoms with van der Waals surface area (Å²) in [6.45, 7) is 1.98. The highest BCUT2D eigenvalue weighted by Crippen LogP contribution is 2.62. The van der Waals surface area contributed by atoms with Gasteiger partial charge in [-0.1, -0.05) is 56.4 Å². The van der Waals surface area contributed by atoms with Gasteiger partial charge in [0.1, 0.15) is 0 Å². The molecule has 0 spiro atoms. The molecule has 7 unspecified atom stereocenters. The number of hydrogen-bond acceptors (Lipinski definition) is 1. The van der Waals surface area contributed by atoms with E-state index in [0.29, 0.717) is 17.8 Å². The number of carboxylic acid groups (broad SMARTS) is 1. The van der Waals surface area contributed by atoms with Gasteiger partial charge >= 0.3 is 5.97 Å². The first-order valence-electron chi connectivity index (χ1n) is 10.2. The van der Waals surface area contributed by atoms with Crippen molar-refractivity contribution in [1.82, 2.24) is 0 Å². The second-order valence-electron chi connectivity index (χ2n) is 8.83. The van der Waals surface area contributed by atoms with E-state index in [0.717, 1.165) is 23.7 Å². The minimum atomic E-state index is -0.590. The summed E-state index contributed by atoms with van der Waals surface area (Å²) in [6, 6.07) is 0. The lowest BCUT2D eigenvalue weighted by Crippen LogP contribution is -2.40. The number of fused-ring (bicyclic) bond motifs is 5. The monoisotopic (exact) mass is 328 g/mol. The Morgan fingerprint density at radius 2 is 1.96 bits per heavy atom. The Labute approximate surface area is 146 Å². The lowest BCUT2D eigenvalue weighted by atomic mass is 9.61. The Hall–Kier alpha value is -1.05. The summed E-state index contributed by atoms with van der Waals surface area (Å²) in [5.74, 6) is 4.08. The number of rotatable bonds is 5.